The van der Waals surface area contributed by atoms with Crippen LogP contribution in [0.2, 0.25) is 0 Å². The third kappa shape index (κ3) is 6.98. The molecule has 0 aliphatic heterocycles. The minimum absolute atomic E-state index is 0.0377. The molecule has 1 aromatic carbocycles. The van der Waals surface area contributed by atoms with E-state index in [1.54, 1.807) is 6.07 Å². The molecule has 1 aromatic heterocycles. The summed E-state index contributed by atoms with van der Waals surface area (Å²) in [5, 5.41) is 2.95. The molecule has 0 unspecified atom stereocenters. The molecule has 6 heteroatoms. The van der Waals surface area contributed by atoms with Gasteiger partial charge in [0.05, 0.1) is 25.3 Å². The number of nitrogens with zero attached hydrogens (tertiary/aromatic N) is 2. The van der Waals surface area contributed by atoms with Gasteiger partial charge >= 0.3 is 0 Å². The molecular formula is C22H33N3O3. The Hall–Kier alpha value is -2.37. The molecule has 28 heavy (non-hydrogen) atoms. The number of rotatable bonds is 13. The zero-order valence-corrected chi connectivity index (χ0v) is 17.4. The highest BCUT2D eigenvalue weighted by atomic mass is 16.5. The first-order chi connectivity index (χ1) is 13.7. The van der Waals surface area contributed by atoms with Crippen molar-refractivity contribution < 1.29 is 14.3 Å². The van der Waals surface area contributed by atoms with E-state index in [1.165, 1.54) is 59.2 Å². The quantitative estimate of drug-likeness (QED) is 0.459. The van der Waals surface area contributed by atoms with E-state index in [2.05, 4.69) is 22.2 Å². The zero-order valence-electron chi connectivity index (χ0n) is 17.4. The smallest absolute Gasteiger partial charge is 0.278 e. The van der Waals surface area contributed by atoms with Crippen LogP contribution < -0.4 is 14.8 Å². The Morgan fingerprint density at radius 3 is 2.04 bits per heavy atom. The highest BCUT2D eigenvalue weighted by Gasteiger charge is 2.11. The average Bonchev–Trinajstić information content (AvgIpc) is 2.71. The number of benzene rings is 1. The summed E-state index contributed by atoms with van der Waals surface area (Å²) in [6.45, 7) is 2.24. The fourth-order valence-electron chi connectivity index (χ4n) is 3.19. The second-order valence-corrected chi connectivity index (χ2v) is 7.07. The second-order valence-electron chi connectivity index (χ2n) is 7.07. The number of ether oxygens (including phenoxy) is 2. The van der Waals surface area contributed by atoms with Crippen LogP contribution in [0.5, 0.6) is 11.8 Å². The lowest BCUT2D eigenvalue weighted by Gasteiger charge is -2.09. The van der Waals surface area contributed by atoms with Crippen molar-refractivity contribution in [3.8, 4) is 11.8 Å². The Balaban J connectivity index is 1.75. The lowest BCUT2D eigenvalue weighted by atomic mass is 10.1. The van der Waals surface area contributed by atoms with Crippen molar-refractivity contribution in [3.63, 3.8) is 0 Å². The van der Waals surface area contributed by atoms with Gasteiger partial charge in [0.25, 0.3) is 11.8 Å². The Bertz CT molecular complexity index is 749. The van der Waals surface area contributed by atoms with E-state index >= 15 is 0 Å². The molecule has 2 rings (SSSR count). The second kappa shape index (κ2) is 12.2. The lowest BCUT2D eigenvalue weighted by molar-refractivity contribution is -0.116. The van der Waals surface area contributed by atoms with Crippen molar-refractivity contribution >= 4 is 22.6 Å². The molecule has 0 radical (unpaired) electrons. The van der Waals surface area contributed by atoms with Crippen LogP contribution in [0.15, 0.2) is 18.2 Å². The van der Waals surface area contributed by atoms with Crippen molar-refractivity contribution in [2.24, 2.45) is 0 Å². The van der Waals surface area contributed by atoms with Gasteiger partial charge in [0.15, 0.2) is 0 Å². The number of hydrogen-bond donors (Lipinski definition) is 1. The first-order valence-corrected chi connectivity index (χ1v) is 10.4. The lowest BCUT2D eigenvalue weighted by Crippen LogP contribution is -2.11. The van der Waals surface area contributed by atoms with Crippen molar-refractivity contribution in [2.75, 3.05) is 19.5 Å². The number of nitrogens with one attached hydrogen (secondary N) is 1. The van der Waals surface area contributed by atoms with Crippen LogP contribution in [0.25, 0.3) is 11.0 Å². The maximum atomic E-state index is 12.2. The summed E-state index contributed by atoms with van der Waals surface area (Å²) in [5.74, 6) is 0.709. The van der Waals surface area contributed by atoms with E-state index in [4.69, 9.17) is 9.47 Å². The van der Waals surface area contributed by atoms with Gasteiger partial charge in [0.2, 0.25) is 5.91 Å². The fourth-order valence-corrected chi connectivity index (χ4v) is 3.19. The van der Waals surface area contributed by atoms with E-state index in [9.17, 15) is 4.79 Å². The molecule has 0 saturated heterocycles. The number of amides is 1. The Labute approximate surface area is 168 Å². The number of fused-ring (bicyclic) bond motifs is 1. The van der Waals surface area contributed by atoms with Crippen LogP contribution in [0, 0.1) is 0 Å². The summed E-state index contributed by atoms with van der Waals surface area (Å²) in [5.41, 5.74) is 2.06. The molecule has 6 nitrogen and oxygen atoms in total. The van der Waals surface area contributed by atoms with E-state index < -0.39 is 0 Å². The van der Waals surface area contributed by atoms with Crippen LogP contribution in [0.1, 0.15) is 71.1 Å². The topological polar surface area (TPSA) is 73.3 Å². The minimum atomic E-state index is 0.0377. The molecule has 1 amide bonds. The molecule has 2 aromatic rings. The van der Waals surface area contributed by atoms with Gasteiger partial charge in [0, 0.05) is 12.1 Å². The Morgan fingerprint density at radius 2 is 1.43 bits per heavy atom. The SMILES string of the molecule is CCCCCCCCCCCC(=O)Nc1ccc2nc(OC)c(OC)nc2c1. The van der Waals surface area contributed by atoms with Gasteiger partial charge in [0.1, 0.15) is 0 Å². The maximum absolute atomic E-state index is 12.2. The largest absolute Gasteiger partial charge is 0.477 e. The van der Waals surface area contributed by atoms with Gasteiger partial charge in [-0.3, -0.25) is 4.79 Å². The number of carbonyl (C=O) groups excluding carboxylic acids is 1. The van der Waals surface area contributed by atoms with Gasteiger partial charge in [-0.1, -0.05) is 58.3 Å². The van der Waals surface area contributed by atoms with Crippen molar-refractivity contribution in [1.29, 1.82) is 0 Å². The molecule has 0 saturated carbocycles. The molecule has 0 spiro atoms. The summed E-state index contributed by atoms with van der Waals surface area (Å²) in [4.78, 5) is 20.9. The van der Waals surface area contributed by atoms with Gasteiger partial charge in [-0.15, -0.1) is 0 Å². The van der Waals surface area contributed by atoms with Crippen molar-refractivity contribution in [1.82, 2.24) is 9.97 Å². The normalized spacial score (nSPS) is 10.8. The Kier molecular flexibility index (Phi) is 9.52. The summed E-state index contributed by atoms with van der Waals surface area (Å²) in [6.07, 6.45) is 11.7. The van der Waals surface area contributed by atoms with E-state index in [0.717, 1.165) is 18.5 Å². The molecule has 0 aliphatic rings. The molecule has 1 N–H and O–H groups in total. The molecule has 0 fully saturated rings. The Morgan fingerprint density at radius 1 is 0.857 bits per heavy atom. The summed E-state index contributed by atoms with van der Waals surface area (Å²) < 4.78 is 10.4. The van der Waals surface area contributed by atoms with Crippen LogP contribution in [-0.4, -0.2) is 30.1 Å². The first kappa shape index (κ1) is 21.9. The monoisotopic (exact) mass is 387 g/mol. The van der Waals surface area contributed by atoms with Gasteiger partial charge in [-0.05, 0) is 24.6 Å². The number of unbranched alkanes of at least 4 members (excludes halogenated alkanes) is 8. The number of hydrogen-bond acceptors (Lipinski definition) is 5. The molecule has 0 aliphatic carbocycles. The molecular weight excluding hydrogens is 354 g/mol. The number of methoxy groups -OCH3 is 2. The third-order valence-electron chi connectivity index (χ3n) is 4.78. The maximum Gasteiger partial charge on any atom is 0.278 e. The molecule has 154 valence electrons. The third-order valence-corrected chi connectivity index (χ3v) is 4.78. The van der Waals surface area contributed by atoms with Crippen molar-refractivity contribution in [2.45, 2.75) is 71.1 Å². The van der Waals surface area contributed by atoms with Crippen molar-refractivity contribution in [3.05, 3.63) is 18.2 Å². The average molecular weight is 388 g/mol. The standard InChI is InChI=1S/C22H33N3O3/c1-4-5-6-7-8-9-10-11-12-13-20(26)23-17-14-15-18-19(16-17)25-22(28-3)21(24-18)27-2/h14-16H,4-13H2,1-3H3,(H,23,26). The predicted octanol–water partition coefficient (Wildman–Crippen LogP) is 5.51. The summed E-state index contributed by atoms with van der Waals surface area (Å²) in [7, 11) is 3.05. The minimum Gasteiger partial charge on any atom is -0.477 e. The van der Waals surface area contributed by atoms with E-state index in [-0.39, 0.29) is 5.91 Å². The first-order valence-electron chi connectivity index (χ1n) is 10.4. The van der Waals surface area contributed by atoms with Crippen LogP contribution >= 0.6 is 0 Å². The predicted molar refractivity (Wildman–Crippen MR) is 113 cm³/mol. The van der Waals surface area contributed by atoms with Crippen LogP contribution in [0.4, 0.5) is 5.69 Å². The highest BCUT2D eigenvalue weighted by molar-refractivity contribution is 5.93. The molecule has 1 heterocycles. The van der Waals surface area contributed by atoms with Crippen LogP contribution in [-0.2, 0) is 4.79 Å². The van der Waals surface area contributed by atoms with Gasteiger partial charge in [-0.2, -0.15) is 0 Å². The van der Waals surface area contributed by atoms with Crippen LogP contribution in [0.3, 0.4) is 0 Å². The number of anilines is 1. The van der Waals surface area contributed by atoms with E-state index in [0.29, 0.717) is 29.2 Å². The molecule has 0 atom stereocenters. The molecule has 0 bridgehead atoms. The van der Waals surface area contributed by atoms with Gasteiger partial charge in [-0.25, -0.2) is 9.97 Å². The summed E-state index contributed by atoms with van der Waals surface area (Å²) >= 11 is 0. The zero-order chi connectivity index (χ0) is 20.2. The highest BCUT2D eigenvalue weighted by Crippen LogP contribution is 2.26. The number of aromatic nitrogens is 2. The van der Waals surface area contributed by atoms with Gasteiger partial charge < -0.3 is 14.8 Å². The summed E-state index contributed by atoms with van der Waals surface area (Å²) in [6, 6.07) is 5.45. The fraction of sp³-hybridized carbons (Fsp3) is 0.591. The number of carbonyl (C=O) groups is 1. The van der Waals surface area contributed by atoms with E-state index in [1.807, 2.05) is 12.1 Å².